The number of hydrogen-bond acceptors (Lipinski definition) is 7. The number of methoxy groups -OCH3 is 1. The number of halogens is 3. The van der Waals surface area contributed by atoms with Gasteiger partial charge < -0.3 is 10.6 Å². The number of hydrogen-bond donors (Lipinski definition) is 1. The van der Waals surface area contributed by atoms with Crippen molar-refractivity contribution in [1.82, 2.24) is 14.9 Å². The van der Waals surface area contributed by atoms with Gasteiger partial charge in [0.2, 0.25) is 5.16 Å². The molecule has 1 heterocycles. The molecule has 0 radical (unpaired) electrons. The number of rotatable bonds is 4. The van der Waals surface area contributed by atoms with Crippen molar-refractivity contribution < 1.29 is 22.8 Å². The quantitative estimate of drug-likeness (QED) is 0.517. The minimum atomic E-state index is -4.77. The predicted molar refractivity (Wildman–Crippen MR) is 68.9 cm³/mol. The molecule has 0 atom stereocenters. The second kappa shape index (κ2) is 5.71. The normalized spacial score (nSPS) is 11.5. The van der Waals surface area contributed by atoms with E-state index in [-0.39, 0.29) is 26.2 Å². The van der Waals surface area contributed by atoms with Gasteiger partial charge in [-0.05, 0) is 23.9 Å². The van der Waals surface area contributed by atoms with Gasteiger partial charge in [-0.25, -0.2) is 4.68 Å². The van der Waals surface area contributed by atoms with E-state index in [0.29, 0.717) is 11.8 Å². The van der Waals surface area contributed by atoms with E-state index in [1.165, 1.54) is 19.2 Å². The van der Waals surface area contributed by atoms with Crippen LogP contribution in [0.3, 0.4) is 0 Å². The number of benzene rings is 1. The first-order valence-corrected chi connectivity index (χ1v) is 6.33. The third kappa shape index (κ3) is 3.05. The number of nitrogens with two attached hydrogens (primary N) is 1. The highest BCUT2D eigenvalue weighted by Gasteiger charge is 2.38. The number of nitrogen functional groups attached to an aromatic ring is 1. The summed E-state index contributed by atoms with van der Waals surface area (Å²) in [5.41, 5.74) is -0.346. The highest BCUT2D eigenvalue weighted by atomic mass is 32.2. The molecule has 0 spiro atoms. The second-order valence-corrected chi connectivity index (χ2v) is 4.88. The molecule has 8 nitrogen and oxygen atoms in total. The molecule has 2 N–H and O–H groups in total. The second-order valence-electron chi connectivity index (χ2n) is 3.87. The Morgan fingerprint density at radius 1 is 1.41 bits per heavy atom. The standard InChI is InChI=1S/C10H8F3N5O3S/c1-21-5-2-3-7(6(4-5)18(19)20)22-9-16-15-8(17(9)14)10(11,12)13/h2-4H,14H2,1H3. The van der Waals surface area contributed by atoms with Crippen LogP contribution in [0.1, 0.15) is 5.82 Å². The molecule has 2 aromatic rings. The van der Waals surface area contributed by atoms with Crippen LogP contribution in [0.4, 0.5) is 18.9 Å². The third-order valence-corrected chi connectivity index (χ3v) is 3.51. The van der Waals surface area contributed by atoms with Crippen molar-refractivity contribution in [1.29, 1.82) is 0 Å². The zero-order valence-corrected chi connectivity index (χ0v) is 11.7. The van der Waals surface area contributed by atoms with E-state index in [0.717, 1.165) is 6.07 Å². The molecule has 1 aromatic heterocycles. The lowest BCUT2D eigenvalue weighted by atomic mass is 10.3. The Bertz CT molecular complexity index is 718. The summed E-state index contributed by atoms with van der Waals surface area (Å²) in [6.45, 7) is 0. The van der Waals surface area contributed by atoms with E-state index in [1.54, 1.807) is 0 Å². The maximum Gasteiger partial charge on any atom is 0.453 e. The number of nitrogens with zero attached hydrogens (tertiary/aromatic N) is 4. The largest absolute Gasteiger partial charge is 0.497 e. The number of nitro groups is 1. The van der Waals surface area contributed by atoms with Crippen LogP contribution < -0.4 is 10.6 Å². The average Bonchev–Trinajstić information content (AvgIpc) is 2.80. The zero-order chi connectivity index (χ0) is 16.5. The molecular formula is C10H8F3N5O3S. The van der Waals surface area contributed by atoms with Crippen molar-refractivity contribution in [3.8, 4) is 5.75 Å². The van der Waals surface area contributed by atoms with Crippen molar-refractivity contribution in [3.05, 3.63) is 34.1 Å². The zero-order valence-electron chi connectivity index (χ0n) is 10.9. The number of aromatic nitrogens is 3. The lowest BCUT2D eigenvalue weighted by molar-refractivity contribution is -0.387. The topological polar surface area (TPSA) is 109 Å². The molecule has 0 amide bonds. The van der Waals surface area contributed by atoms with Gasteiger partial charge >= 0.3 is 6.18 Å². The summed E-state index contributed by atoms with van der Waals surface area (Å²) in [5, 5.41) is 16.9. The first-order valence-electron chi connectivity index (χ1n) is 5.52. The van der Waals surface area contributed by atoms with Gasteiger partial charge in [-0.3, -0.25) is 10.1 Å². The molecular weight excluding hydrogens is 327 g/mol. The monoisotopic (exact) mass is 335 g/mol. The van der Waals surface area contributed by atoms with E-state index in [4.69, 9.17) is 10.6 Å². The Balaban J connectivity index is 2.40. The van der Waals surface area contributed by atoms with E-state index >= 15 is 0 Å². The molecule has 0 saturated heterocycles. The van der Waals surface area contributed by atoms with Crippen LogP contribution in [-0.4, -0.2) is 26.9 Å². The number of alkyl halides is 3. The summed E-state index contributed by atoms with van der Waals surface area (Å²) >= 11 is 0.592. The summed E-state index contributed by atoms with van der Waals surface area (Å²) in [4.78, 5) is 10.4. The maximum atomic E-state index is 12.6. The van der Waals surface area contributed by atoms with Gasteiger partial charge in [0, 0.05) is 0 Å². The first-order chi connectivity index (χ1) is 10.2. The number of nitro benzene ring substituents is 1. The first kappa shape index (κ1) is 15.9. The fourth-order valence-corrected chi connectivity index (χ4v) is 2.33. The summed E-state index contributed by atoms with van der Waals surface area (Å²) in [6, 6.07) is 3.89. The van der Waals surface area contributed by atoms with Gasteiger partial charge in [0.15, 0.2) is 0 Å². The van der Waals surface area contributed by atoms with E-state index < -0.39 is 16.9 Å². The number of ether oxygens (including phenoxy) is 1. The molecule has 22 heavy (non-hydrogen) atoms. The van der Waals surface area contributed by atoms with Gasteiger partial charge in [-0.15, -0.1) is 10.2 Å². The molecule has 0 aliphatic rings. The molecule has 0 aliphatic heterocycles. The summed E-state index contributed by atoms with van der Waals surface area (Å²) in [5.74, 6) is 4.12. The highest BCUT2D eigenvalue weighted by molar-refractivity contribution is 7.99. The van der Waals surface area contributed by atoms with Crippen LogP contribution in [-0.2, 0) is 6.18 Å². The van der Waals surface area contributed by atoms with Gasteiger partial charge in [-0.1, -0.05) is 0 Å². The predicted octanol–water partition coefficient (Wildman–Crippen LogP) is 2.08. The van der Waals surface area contributed by atoms with Crippen LogP contribution in [0.15, 0.2) is 28.3 Å². The smallest absolute Gasteiger partial charge is 0.453 e. The van der Waals surface area contributed by atoms with E-state index in [2.05, 4.69) is 10.2 Å². The average molecular weight is 335 g/mol. The minimum Gasteiger partial charge on any atom is -0.497 e. The maximum absolute atomic E-state index is 12.6. The van der Waals surface area contributed by atoms with Gasteiger partial charge in [0.05, 0.1) is 23.0 Å². The van der Waals surface area contributed by atoms with Crippen LogP contribution in [0.5, 0.6) is 5.75 Å². The van der Waals surface area contributed by atoms with Crippen LogP contribution in [0, 0.1) is 10.1 Å². The van der Waals surface area contributed by atoms with E-state index in [9.17, 15) is 23.3 Å². The molecule has 118 valence electrons. The lowest BCUT2D eigenvalue weighted by Crippen LogP contribution is -2.21. The molecule has 0 bridgehead atoms. The fourth-order valence-electron chi connectivity index (χ4n) is 1.49. The lowest BCUT2D eigenvalue weighted by Gasteiger charge is -2.07. The highest BCUT2D eigenvalue weighted by Crippen LogP contribution is 2.37. The molecule has 12 heteroatoms. The Morgan fingerprint density at radius 2 is 2.09 bits per heavy atom. The van der Waals surface area contributed by atoms with Crippen LogP contribution in [0.2, 0.25) is 0 Å². The van der Waals surface area contributed by atoms with Crippen molar-refractivity contribution >= 4 is 17.4 Å². The molecule has 0 fully saturated rings. The van der Waals surface area contributed by atoms with Crippen LogP contribution in [0.25, 0.3) is 0 Å². The molecule has 2 rings (SSSR count). The summed E-state index contributed by atoms with van der Waals surface area (Å²) in [6.07, 6.45) is -4.77. The van der Waals surface area contributed by atoms with Crippen molar-refractivity contribution in [2.24, 2.45) is 0 Å². The van der Waals surface area contributed by atoms with Gasteiger partial charge in [0.1, 0.15) is 5.75 Å². The van der Waals surface area contributed by atoms with Crippen molar-refractivity contribution in [3.63, 3.8) is 0 Å². The Hall–Kier alpha value is -2.50. The molecule has 0 saturated carbocycles. The summed E-state index contributed by atoms with van der Waals surface area (Å²) in [7, 11) is 1.33. The summed E-state index contributed by atoms with van der Waals surface area (Å²) < 4.78 is 42.8. The fraction of sp³-hybridized carbons (Fsp3) is 0.200. The van der Waals surface area contributed by atoms with Crippen molar-refractivity contribution in [2.45, 2.75) is 16.2 Å². The molecule has 0 aliphatic carbocycles. The Kier molecular flexibility index (Phi) is 4.12. The molecule has 0 unspecified atom stereocenters. The molecule has 1 aromatic carbocycles. The Labute approximate surface area is 125 Å². The van der Waals surface area contributed by atoms with Gasteiger partial charge in [-0.2, -0.15) is 13.2 Å². The Morgan fingerprint density at radius 3 is 2.59 bits per heavy atom. The van der Waals surface area contributed by atoms with Crippen LogP contribution >= 0.6 is 11.8 Å². The van der Waals surface area contributed by atoms with E-state index in [1.807, 2.05) is 0 Å². The third-order valence-electron chi connectivity index (χ3n) is 2.48. The minimum absolute atomic E-state index is 0.0543. The van der Waals surface area contributed by atoms with Crippen molar-refractivity contribution in [2.75, 3.05) is 13.0 Å². The SMILES string of the molecule is COc1ccc(Sc2nnc(C(F)(F)F)n2N)c([N+](=O)[O-])c1. The van der Waals surface area contributed by atoms with Gasteiger partial charge in [0.25, 0.3) is 11.5 Å².